The Labute approximate surface area is 103 Å². The van der Waals surface area contributed by atoms with Gasteiger partial charge in [-0.05, 0) is 30.9 Å². The molecule has 0 aliphatic carbocycles. The fraction of sp³-hybridized carbons (Fsp3) is 0.571. The first-order chi connectivity index (χ1) is 8.24. The highest BCUT2D eigenvalue weighted by Gasteiger charge is 2.13. The number of rotatable bonds is 8. The average molecular weight is 239 g/mol. The highest BCUT2D eigenvalue weighted by Crippen LogP contribution is 2.12. The summed E-state index contributed by atoms with van der Waals surface area (Å²) in [5.41, 5.74) is 6.56. The fourth-order valence-electron chi connectivity index (χ4n) is 1.58. The Morgan fingerprint density at radius 1 is 1.29 bits per heavy atom. The molecular weight excluding hydrogens is 217 g/mol. The minimum Gasteiger partial charge on any atom is -0.377 e. The smallest absolute Gasteiger partial charge is 0.104 e. The normalized spacial score (nSPS) is 14.5. The Morgan fingerprint density at radius 2 is 2.00 bits per heavy atom. The Bertz CT molecular complexity index is 292. The molecule has 0 fully saturated rings. The molecule has 17 heavy (non-hydrogen) atoms. The molecule has 0 aliphatic heterocycles. The van der Waals surface area contributed by atoms with Crippen molar-refractivity contribution in [3.63, 3.8) is 0 Å². The van der Waals surface area contributed by atoms with Gasteiger partial charge in [0.25, 0.3) is 0 Å². The Balaban J connectivity index is 2.05. The predicted molar refractivity (Wildman–Crippen MR) is 68.4 cm³/mol. The van der Waals surface area contributed by atoms with Crippen LogP contribution < -0.4 is 5.73 Å². The number of benzene rings is 1. The molecule has 0 heterocycles. The molecule has 0 radical (unpaired) electrons. The van der Waals surface area contributed by atoms with Gasteiger partial charge >= 0.3 is 0 Å². The van der Waals surface area contributed by atoms with Gasteiger partial charge in [-0.2, -0.15) is 0 Å². The number of hydrogen-bond donors (Lipinski definition) is 1. The van der Waals surface area contributed by atoms with Crippen molar-refractivity contribution in [2.24, 2.45) is 11.7 Å². The molecule has 3 heteroatoms. The van der Waals surface area contributed by atoms with Gasteiger partial charge in [0.15, 0.2) is 0 Å². The summed E-state index contributed by atoms with van der Waals surface area (Å²) in [5.74, 6) is -0.0517. The first kappa shape index (κ1) is 14.1. The summed E-state index contributed by atoms with van der Waals surface area (Å²) in [6, 6.07) is 9.99. The van der Waals surface area contributed by atoms with E-state index < -0.39 is 6.17 Å². The third-order valence-electron chi connectivity index (χ3n) is 2.87. The summed E-state index contributed by atoms with van der Waals surface area (Å²) in [4.78, 5) is 0. The fourth-order valence-corrected chi connectivity index (χ4v) is 1.58. The van der Waals surface area contributed by atoms with E-state index in [0.717, 1.165) is 12.0 Å². The summed E-state index contributed by atoms with van der Waals surface area (Å²) in [6.07, 6.45) is 0.478. The van der Waals surface area contributed by atoms with Crippen molar-refractivity contribution in [2.75, 3.05) is 13.2 Å². The molecular formula is C14H22FNO. The summed E-state index contributed by atoms with van der Waals surface area (Å²) in [5, 5.41) is 0. The van der Waals surface area contributed by atoms with Crippen molar-refractivity contribution in [3.8, 4) is 0 Å². The number of hydrogen-bond acceptors (Lipinski definition) is 2. The third-order valence-corrected chi connectivity index (χ3v) is 2.87. The lowest BCUT2D eigenvalue weighted by molar-refractivity contribution is 0.106. The van der Waals surface area contributed by atoms with Gasteiger partial charge in [-0.1, -0.05) is 37.3 Å². The molecule has 0 amide bonds. The molecule has 1 aromatic rings. The Kier molecular flexibility index (Phi) is 6.82. The monoisotopic (exact) mass is 239 g/mol. The van der Waals surface area contributed by atoms with Gasteiger partial charge in [-0.25, -0.2) is 4.39 Å². The maximum Gasteiger partial charge on any atom is 0.104 e. The van der Waals surface area contributed by atoms with Crippen LogP contribution in [0.5, 0.6) is 0 Å². The molecule has 96 valence electrons. The van der Waals surface area contributed by atoms with E-state index in [0.29, 0.717) is 26.2 Å². The molecule has 2 N–H and O–H groups in total. The highest BCUT2D eigenvalue weighted by atomic mass is 19.1. The molecule has 0 bridgehead atoms. The molecule has 2 atom stereocenters. The minimum absolute atomic E-state index is 0.0517. The minimum atomic E-state index is -0.805. The van der Waals surface area contributed by atoms with Gasteiger partial charge in [0.2, 0.25) is 0 Å². The van der Waals surface area contributed by atoms with Crippen molar-refractivity contribution in [1.82, 2.24) is 0 Å². The maximum absolute atomic E-state index is 13.4. The van der Waals surface area contributed by atoms with E-state index >= 15 is 0 Å². The molecule has 0 saturated heterocycles. The van der Waals surface area contributed by atoms with E-state index in [9.17, 15) is 4.39 Å². The van der Waals surface area contributed by atoms with Gasteiger partial charge in [0.05, 0.1) is 6.61 Å². The average Bonchev–Trinajstić information content (AvgIpc) is 2.38. The van der Waals surface area contributed by atoms with Crippen molar-refractivity contribution < 1.29 is 9.13 Å². The van der Waals surface area contributed by atoms with Crippen LogP contribution in [0, 0.1) is 5.92 Å². The molecule has 0 aliphatic rings. The summed E-state index contributed by atoms with van der Waals surface area (Å²) in [7, 11) is 0. The molecule has 1 rings (SSSR count). The lowest BCUT2D eigenvalue weighted by atomic mass is 10.0. The molecule has 2 unspecified atom stereocenters. The molecule has 0 spiro atoms. The van der Waals surface area contributed by atoms with Crippen LogP contribution in [-0.2, 0) is 11.3 Å². The van der Waals surface area contributed by atoms with E-state index in [2.05, 4.69) is 0 Å². The van der Waals surface area contributed by atoms with Crippen molar-refractivity contribution in [1.29, 1.82) is 0 Å². The van der Waals surface area contributed by atoms with Crippen LogP contribution >= 0.6 is 0 Å². The van der Waals surface area contributed by atoms with Crippen LogP contribution in [0.25, 0.3) is 0 Å². The van der Waals surface area contributed by atoms with Gasteiger partial charge in [-0.15, -0.1) is 0 Å². The van der Waals surface area contributed by atoms with Crippen LogP contribution in [0.15, 0.2) is 30.3 Å². The Hall–Kier alpha value is -0.930. The highest BCUT2D eigenvalue weighted by molar-refractivity contribution is 5.13. The quantitative estimate of drug-likeness (QED) is 0.708. The maximum atomic E-state index is 13.4. The Morgan fingerprint density at radius 3 is 2.65 bits per heavy atom. The predicted octanol–water partition coefficient (Wildman–Crippen LogP) is 2.92. The number of halogens is 1. The first-order valence-corrected chi connectivity index (χ1v) is 6.20. The summed E-state index contributed by atoms with van der Waals surface area (Å²) in [6.45, 7) is 3.46. The largest absolute Gasteiger partial charge is 0.377 e. The third kappa shape index (κ3) is 5.80. The van der Waals surface area contributed by atoms with Crippen LogP contribution in [0.1, 0.15) is 25.3 Å². The van der Waals surface area contributed by atoms with Gasteiger partial charge in [0, 0.05) is 6.61 Å². The zero-order valence-electron chi connectivity index (χ0n) is 10.4. The first-order valence-electron chi connectivity index (χ1n) is 6.20. The lowest BCUT2D eigenvalue weighted by Crippen LogP contribution is -2.22. The molecule has 0 aromatic heterocycles. The second kappa shape index (κ2) is 8.20. The van der Waals surface area contributed by atoms with E-state index in [1.165, 1.54) is 0 Å². The van der Waals surface area contributed by atoms with E-state index in [1.807, 2.05) is 37.3 Å². The number of alkyl halides is 1. The van der Waals surface area contributed by atoms with E-state index in [1.54, 1.807) is 0 Å². The molecule has 0 saturated carbocycles. The van der Waals surface area contributed by atoms with Gasteiger partial charge < -0.3 is 10.5 Å². The zero-order valence-corrected chi connectivity index (χ0v) is 10.4. The zero-order chi connectivity index (χ0) is 12.5. The van der Waals surface area contributed by atoms with Crippen molar-refractivity contribution in [2.45, 2.75) is 32.5 Å². The van der Waals surface area contributed by atoms with E-state index in [-0.39, 0.29) is 5.92 Å². The topological polar surface area (TPSA) is 35.2 Å². The second-order valence-electron chi connectivity index (χ2n) is 4.41. The van der Waals surface area contributed by atoms with Crippen LogP contribution in [0.4, 0.5) is 4.39 Å². The van der Waals surface area contributed by atoms with Crippen LogP contribution in [0.2, 0.25) is 0 Å². The number of ether oxygens (including phenoxy) is 1. The SMILES string of the molecule is CC(CN)C(F)CCCOCc1ccccc1. The second-order valence-corrected chi connectivity index (χ2v) is 4.41. The van der Waals surface area contributed by atoms with Gasteiger partial charge in [-0.3, -0.25) is 0 Å². The summed E-state index contributed by atoms with van der Waals surface area (Å²) < 4.78 is 18.9. The molecule has 2 nitrogen and oxygen atoms in total. The standard InChI is InChI=1S/C14H22FNO/c1-12(10-16)14(15)8-5-9-17-11-13-6-3-2-4-7-13/h2-4,6-7,12,14H,5,8-11,16H2,1H3. The summed E-state index contributed by atoms with van der Waals surface area (Å²) >= 11 is 0. The number of nitrogens with two attached hydrogens (primary N) is 1. The van der Waals surface area contributed by atoms with Crippen LogP contribution in [-0.4, -0.2) is 19.3 Å². The van der Waals surface area contributed by atoms with E-state index in [4.69, 9.17) is 10.5 Å². The van der Waals surface area contributed by atoms with Crippen LogP contribution in [0.3, 0.4) is 0 Å². The lowest BCUT2D eigenvalue weighted by Gasteiger charge is -2.14. The molecule has 1 aromatic carbocycles. The van der Waals surface area contributed by atoms with Crippen molar-refractivity contribution in [3.05, 3.63) is 35.9 Å². The van der Waals surface area contributed by atoms with Crippen molar-refractivity contribution >= 4 is 0 Å². The van der Waals surface area contributed by atoms with Gasteiger partial charge in [0.1, 0.15) is 6.17 Å².